The van der Waals surface area contributed by atoms with E-state index in [-0.39, 0.29) is 5.82 Å². The van der Waals surface area contributed by atoms with Crippen molar-refractivity contribution in [3.05, 3.63) is 64.5 Å². The molecule has 6 heteroatoms. The second-order valence-corrected chi connectivity index (χ2v) is 7.02. The van der Waals surface area contributed by atoms with Gasteiger partial charge in [-0.2, -0.15) is 5.26 Å². The summed E-state index contributed by atoms with van der Waals surface area (Å²) < 4.78 is 26.4. The Morgan fingerprint density at radius 3 is 2.61 bits per heavy atom. The predicted molar refractivity (Wildman–Crippen MR) is 106 cm³/mol. The highest BCUT2D eigenvalue weighted by Crippen LogP contribution is 2.38. The molecule has 0 amide bonds. The minimum atomic E-state index is -0.800. The molecular weight excluding hydrogens is 357 g/mol. The van der Waals surface area contributed by atoms with Crippen LogP contribution in [0.4, 0.5) is 10.1 Å². The Labute approximate surface area is 165 Å². The summed E-state index contributed by atoms with van der Waals surface area (Å²) in [5, 5.41) is 8.89. The first-order chi connectivity index (χ1) is 13.5. The van der Waals surface area contributed by atoms with Crippen molar-refractivity contribution >= 4 is 12.0 Å². The smallest absolute Gasteiger partial charge is 0.143 e. The maximum Gasteiger partial charge on any atom is 0.143 e. The number of hydrogen-bond acceptors (Lipinski definition) is 4. The first-order valence-corrected chi connectivity index (χ1v) is 9.23. The number of ether oxygens (including phenoxy) is 2. The van der Waals surface area contributed by atoms with Crippen LogP contribution in [0.1, 0.15) is 29.2 Å². The van der Waals surface area contributed by atoms with Crippen LogP contribution >= 0.6 is 0 Å². The Morgan fingerprint density at radius 2 is 2.04 bits per heavy atom. The van der Waals surface area contributed by atoms with Crippen LogP contribution in [0.3, 0.4) is 0 Å². The van der Waals surface area contributed by atoms with Crippen molar-refractivity contribution in [2.24, 2.45) is 4.99 Å². The number of aliphatic imine (C=N–C) groups is 1. The van der Waals surface area contributed by atoms with E-state index in [9.17, 15) is 4.39 Å². The molecule has 0 unspecified atom stereocenters. The quantitative estimate of drug-likeness (QED) is 0.536. The highest BCUT2D eigenvalue weighted by molar-refractivity contribution is 5.63. The van der Waals surface area contributed by atoms with Gasteiger partial charge in [-0.15, -0.1) is 0 Å². The minimum Gasteiger partial charge on any atom is -0.375 e. The molecule has 0 aliphatic carbocycles. The summed E-state index contributed by atoms with van der Waals surface area (Å²) in [4.78, 5) is 6.30. The highest BCUT2D eigenvalue weighted by atomic mass is 19.1. The minimum absolute atomic E-state index is 0.306. The molecule has 5 nitrogen and oxygen atoms in total. The zero-order valence-corrected chi connectivity index (χ0v) is 16.4. The second-order valence-electron chi connectivity index (χ2n) is 7.02. The maximum absolute atomic E-state index is 14.9. The van der Waals surface area contributed by atoms with Crippen LogP contribution in [0, 0.1) is 24.1 Å². The molecule has 1 aliphatic rings. The van der Waals surface area contributed by atoms with Gasteiger partial charge in [0.05, 0.1) is 43.5 Å². The third kappa shape index (κ3) is 4.22. The summed E-state index contributed by atoms with van der Waals surface area (Å²) in [5.41, 5.74) is 2.69. The van der Waals surface area contributed by atoms with Gasteiger partial charge in [0.2, 0.25) is 0 Å². The fourth-order valence-corrected chi connectivity index (χ4v) is 2.90. The molecule has 146 valence electrons. The average Bonchev–Trinajstić information content (AvgIpc) is 2.68. The molecule has 1 saturated heterocycles. The Kier molecular flexibility index (Phi) is 6.08. The molecule has 0 N–H and O–H groups in total. The molecule has 0 spiro atoms. The maximum atomic E-state index is 14.9. The van der Waals surface area contributed by atoms with Gasteiger partial charge in [0.1, 0.15) is 11.4 Å². The van der Waals surface area contributed by atoms with E-state index < -0.39 is 5.60 Å². The van der Waals surface area contributed by atoms with E-state index in [2.05, 4.69) is 11.1 Å². The molecule has 0 saturated carbocycles. The van der Waals surface area contributed by atoms with Crippen LogP contribution in [-0.4, -0.2) is 38.0 Å². The SMILES string of the molecule is CCN(C)C=Nc1cc(F)c(C2(OCc3ccc(C#N)cc3)COC2)cc1C. The van der Waals surface area contributed by atoms with Gasteiger partial charge in [0, 0.05) is 25.2 Å². The molecule has 0 bridgehead atoms. The number of nitriles is 1. The number of halogens is 1. The van der Waals surface area contributed by atoms with E-state index in [0.717, 1.165) is 17.7 Å². The third-order valence-electron chi connectivity index (χ3n) is 4.94. The number of hydrogen-bond donors (Lipinski definition) is 0. The number of rotatable bonds is 7. The Balaban J connectivity index is 1.80. The number of nitrogens with zero attached hydrogens (tertiary/aromatic N) is 3. The molecule has 0 aromatic heterocycles. The van der Waals surface area contributed by atoms with Gasteiger partial charge in [0.15, 0.2) is 0 Å². The van der Waals surface area contributed by atoms with Crippen molar-refractivity contribution in [3.63, 3.8) is 0 Å². The van der Waals surface area contributed by atoms with E-state index in [0.29, 0.717) is 36.6 Å². The van der Waals surface area contributed by atoms with E-state index in [4.69, 9.17) is 14.7 Å². The lowest BCUT2D eigenvalue weighted by molar-refractivity contribution is -0.224. The van der Waals surface area contributed by atoms with Crippen molar-refractivity contribution < 1.29 is 13.9 Å². The normalized spacial score (nSPS) is 15.2. The predicted octanol–water partition coefficient (Wildman–Crippen LogP) is 4.06. The van der Waals surface area contributed by atoms with Crippen molar-refractivity contribution in [1.82, 2.24) is 4.90 Å². The van der Waals surface area contributed by atoms with E-state index in [1.165, 1.54) is 6.07 Å². The molecule has 0 radical (unpaired) electrons. The monoisotopic (exact) mass is 381 g/mol. The number of aryl methyl sites for hydroxylation is 1. The third-order valence-corrected chi connectivity index (χ3v) is 4.94. The largest absolute Gasteiger partial charge is 0.375 e. The van der Waals surface area contributed by atoms with Crippen LogP contribution in [-0.2, 0) is 21.7 Å². The van der Waals surface area contributed by atoms with Gasteiger partial charge in [-0.1, -0.05) is 12.1 Å². The van der Waals surface area contributed by atoms with Crippen molar-refractivity contribution in [2.45, 2.75) is 26.1 Å². The molecule has 1 heterocycles. The summed E-state index contributed by atoms with van der Waals surface area (Å²) in [6.07, 6.45) is 1.70. The summed E-state index contributed by atoms with van der Waals surface area (Å²) in [6.45, 7) is 5.69. The summed E-state index contributed by atoms with van der Waals surface area (Å²) in [6, 6.07) is 12.5. The van der Waals surface area contributed by atoms with Gasteiger partial charge in [0.25, 0.3) is 0 Å². The molecule has 0 atom stereocenters. The Morgan fingerprint density at radius 1 is 1.32 bits per heavy atom. The summed E-state index contributed by atoms with van der Waals surface area (Å²) in [5.74, 6) is -0.347. The van der Waals surface area contributed by atoms with Crippen molar-refractivity contribution in [3.8, 4) is 6.07 Å². The van der Waals surface area contributed by atoms with Gasteiger partial charge in [-0.25, -0.2) is 9.38 Å². The van der Waals surface area contributed by atoms with Crippen molar-refractivity contribution in [2.75, 3.05) is 26.8 Å². The highest BCUT2D eigenvalue weighted by Gasteiger charge is 2.44. The molecular formula is C22H24FN3O2. The summed E-state index contributed by atoms with van der Waals surface area (Å²) in [7, 11) is 1.92. The molecule has 28 heavy (non-hydrogen) atoms. The van der Waals surface area contributed by atoms with Gasteiger partial charge in [-0.05, 0) is 43.2 Å². The van der Waals surface area contributed by atoms with E-state index in [1.807, 2.05) is 37.9 Å². The second kappa shape index (κ2) is 8.51. The molecule has 1 aliphatic heterocycles. The molecule has 2 aromatic rings. The first-order valence-electron chi connectivity index (χ1n) is 9.23. The lowest BCUT2D eigenvalue weighted by Gasteiger charge is -2.42. The number of benzene rings is 2. The van der Waals surface area contributed by atoms with Gasteiger partial charge >= 0.3 is 0 Å². The van der Waals surface area contributed by atoms with Crippen LogP contribution in [0.5, 0.6) is 0 Å². The van der Waals surface area contributed by atoms with Gasteiger partial charge < -0.3 is 14.4 Å². The Bertz CT molecular complexity index is 899. The fourth-order valence-electron chi connectivity index (χ4n) is 2.90. The van der Waals surface area contributed by atoms with Crippen molar-refractivity contribution in [1.29, 1.82) is 5.26 Å². The van der Waals surface area contributed by atoms with Crippen LogP contribution in [0.25, 0.3) is 0 Å². The lowest BCUT2D eigenvalue weighted by atomic mass is 9.89. The Hall–Kier alpha value is -2.75. The van der Waals surface area contributed by atoms with Crippen LogP contribution in [0.15, 0.2) is 41.4 Å². The van der Waals surface area contributed by atoms with E-state index >= 15 is 0 Å². The molecule has 1 fully saturated rings. The van der Waals surface area contributed by atoms with Crippen LogP contribution in [0.2, 0.25) is 0 Å². The fraction of sp³-hybridized carbons (Fsp3) is 0.364. The van der Waals surface area contributed by atoms with Crippen LogP contribution < -0.4 is 0 Å². The standard InChI is InChI=1S/C22H24FN3O2/c1-4-26(3)15-25-21-10-20(23)19(9-16(21)2)22(13-27-14-22)28-12-18-7-5-17(11-24)6-8-18/h5-10,15H,4,12-14H2,1-3H3. The topological polar surface area (TPSA) is 57.8 Å². The van der Waals surface area contributed by atoms with E-state index in [1.54, 1.807) is 24.5 Å². The summed E-state index contributed by atoms with van der Waals surface area (Å²) >= 11 is 0. The lowest BCUT2D eigenvalue weighted by Crippen LogP contribution is -2.49. The van der Waals surface area contributed by atoms with Gasteiger partial charge in [-0.3, -0.25) is 0 Å². The average molecular weight is 381 g/mol. The molecule has 2 aromatic carbocycles. The zero-order valence-electron chi connectivity index (χ0n) is 16.4. The zero-order chi connectivity index (χ0) is 20.1. The molecule has 3 rings (SSSR count). The first kappa shape index (κ1) is 20.0.